The summed E-state index contributed by atoms with van der Waals surface area (Å²) < 4.78 is 4.68. The van der Waals surface area contributed by atoms with Crippen molar-refractivity contribution in [1.82, 2.24) is 10.6 Å². The molecule has 0 aromatic heterocycles. The number of carbonyl (C=O) groups excluding carboxylic acids is 3. The molecule has 18 heavy (non-hydrogen) atoms. The molecular formula is C12H20N2O4. The fourth-order valence-corrected chi connectivity index (χ4v) is 1.86. The van der Waals surface area contributed by atoms with Crippen LogP contribution in [0.2, 0.25) is 0 Å². The third-order valence-electron chi connectivity index (χ3n) is 3.28. The predicted octanol–water partition coefficient (Wildman–Crippen LogP) is -0.0311. The first-order valence-electron chi connectivity index (χ1n) is 6.17. The fourth-order valence-electron chi connectivity index (χ4n) is 1.86. The standard InChI is InChI=1S/C12H20N2O4/c1-4-7(2)10(12(17)18-3)14-11(16)8-5-6-9(15)13-8/h7-8,10H,4-6H2,1-3H3,(H,13,15)(H,14,16)/t7-,8-,10+/m1/s1. The van der Waals surface area contributed by atoms with Crippen molar-refractivity contribution in [3.63, 3.8) is 0 Å². The lowest BCUT2D eigenvalue weighted by Gasteiger charge is -2.23. The molecule has 2 N–H and O–H groups in total. The monoisotopic (exact) mass is 256 g/mol. The second-order valence-corrected chi connectivity index (χ2v) is 4.55. The molecule has 0 spiro atoms. The highest BCUT2D eigenvalue weighted by atomic mass is 16.5. The first kappa shape index (κ1) is 14.5. The number of amides is 2. The number of methoxy groups -OCH3 is 1. The average Bonchev–Trinajstić information content (AvgIpc) is 2.80. The van der Waals surface area contributed by atoms with Crippen molar-refractivity contribution >= 4 is 17.8 Å². The summed E-state index contributed by atoms with van der Waals surface area (Å²) in [6, 6.07) is -1.20. The van der Waals surface area contributed by atoms with Crippen LogP contribution in [0, 0.1) is 5.92 Å². The molecule has 102 valence electrons. The molecule has 0 unspecified atom stereocenters. The van der Waals surface area contributed by atoms with E-state index in [1.54, 1.807) is 0 Å². The van der Waals surface area contributed by atoms with Gasteiger partial charge < -0.3 is 15.4 Å². The Bertz CT molecular complexity index is 343. The van der Waals surface area contributed by atoms with Gasteiger partial charge in [0.05, 0.1) is 7.11 Å². The Hall–Kier alpha value is -1.59. The van der Waals surface area contributed by atoms with E-state index in [0.717, 1.165) is 6.42 Å². The first-order valence-corrected chi connectivity index (χ1v) is 6.17. The zero-order chi connectivity index (χ0) is 13.7. The summed E-state index contributed by atoms with van der Waals surface area (Å²) >= 11 is 0. The van der Waals surface area contributed by atoms with E-state index in [1.807, 2.05) is 13.8 Å². The van der Waals surface area contributed by atoms with Crippen molar-refractivity contribution in [2.45, 2.75) is 45.2 Å². The molecule has 1 heterocycles. The zero-order valence-electron chi connectivity index (χ0n) is 11.0. The van der Waals surface area contributed by atoms with Gasteiger partial charge >= 0.3 is 5.97 Å². The van der Waals surface area contributed by atoms with Crippen LogP contribution in [-0.2, 0) is 19.1 Å². The summed E-state index contributed by atoms with van der Waals surface area (Å²) in [7, 11) is 1.29. The molecular weight excluding hydrogens is 236 g/mol. The summed E-state index contributed by atoms with van der Waals surface area (Å²) in [5, 5.41) is 5.22. The van der Waals surface area contributed by atoms with Crippen LogP contribution in [0.5, 0.6) is 0 Å². The minimum absolute atomic E-state index is 0.0153. The van der Waals surface area contributed by atoms with E-state index >= 15 is 0 Å². The summed E-state index contributed by atoms with van der Waals surface area (Å²) in [6.45, 7) is 3.80. The van der Waals surface area contributed by atoms with Crippen molar-refractivity contribution in [3.05, 3.63) is 0 Å². The highest BCUT2D eigenvalue weighted by Gasteiger charge is 2.32. The number of hydrogen-bond acceptors (Lipinski definition) is 4. The molecule has 1 aliphatic heterocycles. The molecule has 1 fully saturated rings. The minimum atomic E-state index is -0.662. The second-order valence-electron chi connectivity index (χ2n) is 4.55. The largest absolute Gasteiger partial charge is 0.467 e. The highest BCUT2D eigenvalue weighted by molar-refractivity contribution is 5.93. The van der Waals surface area contributed by atoms with E-state index in [2.05, 4.69) is 15.4 Å². The summed E-state index contributed by atoms with van der Waals surface area (Å²) in [5.74, 6) is -0.926. The molecule has 3 atom stereocenters. The second kappa shape index (κ2) is 6.37. The molecule has 1 rings (SSSR count). The van der Waals surface area contributed by atoms with E-state index in [-0.39, 0.29) is 17.7 Å². The van der Waals surface area contributed by atoms with E-state index in [1.165, 1.54) is 7.11 Å². The van der Waals surface area contributed by atoms with Crippen LogP contribution in [0.25, 0.3) is 0 Å². The fraction of sp³-hybridized carbons (Fsp3) is 0.750. The summed E-state index contributed by atoms with van der Waals surface area (Å²) in [5.41, 5.74) is 0. The van der Waals surface area contributed by atoms with Crippen LogP contribution in [0.4, 0.5) is 0 Å². The number of nitrogens with one attached hydrogen (secondary N) is 2. The lowest BCUT2D eigenvalue weighted by Crippen LogP contribution is -2.51. The van der Waals surface area contributed by atoms with Gasteiger partial charge in [-0.25, -0.2) is 4.79 Å². The molecule has 0 aromatic carbocycles. The van der Waals surface area contributed by atoms with Gasteiger partial charge in [-0.15, -0.1) is 0 Å². The van der Waals surface area contributed by atoms with Gasteiger partial charge in [-0.05, 0) is 12.3 Å². The number of rotatable bonds is 5. The van der Waals surface area contributed by atoms with Crippen LogP contribution < -0.4 is 10.6 Å². The van der Waals surface area contributed by atoms with Crippen molar-refractivity contribution in [1.29, 1.82) is 0 Å². The lowest BCUT2D eigenvalue weighted by atomic mass is 9.99. The van der Waals surface area contributed by atoms with Gasteiger partial charge in [0.25, 0.3) is 0 Å². The maximum Gasteiger partial charge on any atom is 0.328 e. The number of esters is 1. The van der Waals surface area contributed by atoms with Crippen LogP contribution in [0.3, 0.4) is 0 Å². The average molecular weight is 256 g/mol. The van der Waals surface area contributed by atoms with Gasteiger partial charge in [0, 0.05) is 6.42 Å². The third-order valence-corrected chi connectivity index (χ3v) is 3.28. The Labute approximate surface area is 106 Å². The van der Waals surface area contributed by atoms with Crippen molar-refractivity contribution < 1.29 is 19.1 Å². The molecule has 0 aliphatic carbocycles. The van der Waals surface area contributed by atoms with Crippen LogP contribution in [0.15, 0.2) is 0 Å². The Morgan fingerprint density at radius 2 is 2.22 bits per heavy atom. The zero-order valence-corrected chi connectivity index (χ0v) is 11.0. The smallest absolute Gasteiger partial charge is 0.328 e. The SMILES string of the molecule is CC[C@@H](C)[C@H](NC(=O)[C@H]1CCC(=O)N1)C(=O)OC. The molecule has 6 heteroatoms. The number of carbonyl (C=O) groups is 3. The first-order chi connectivity index (χ1) is 8.49. The van der Waals surface area contributed by atoms with Gasteiger partial charge in [-0.2, -0.15) is 0 Å². The molecule has 0 saturated carbocycles. The molecule has 6 nitrogen and oxygen atoms in total. The highest BCUT2D eigenvalue weighted by Crippen LogP contribution is 2.12. The normalized spacial score (nSPS) is 21.9. The van der Waals surface area contributed by atoms with Gasteiger partial charge in [-0.1, -0.05) is 20.3 Å². The van der Waals surface area contributed by atoms with Crippen LogP contribution >= 0.6 is 0 Å². The Kier molecular flexibility index (Phi) is 5.12. The number of ether oxygens (including phenoxy) is 1. The molecule has 1 aliphatic rings. The molecule has 1 saturated heterocycles. The molecule has 0 aromatic rings. The minimum Gasteiger partial charge on any atom is -0.467 e. The van der Waals surface area contributed by atoms with Gasteiger partial charge in [0.15, 0.2) is 0 Å². The number of hydrogen-bond donors (Lipinski definition) is 2. The summed E-state index contributed by atoms with van der Waals surface area (Å²) in [6.07, 6.45) is 1.57. The van der Waals surface area contributed by atoms with Crippen molar-refractivity contribution in [3.8, 4) is 0 Å². The molecule has 0 bridgehead atoms. The maximum absolute atomic E-state index is 11.9. The molecule has 0 radical (unpaired) electrons. The van der Waals surface area contributed by atoms with Gasteiger partial charge in [0.2, 0.25) is 11.8 Å². The Morgan fingerprint density at radius 1 is 1.56 bits per heavy atom. The topological polar surface area (TPSA) is 84.5 Å². The maximum atomic E-state index is 11.9. The van der Waals surface area contributed by atoms with Crippen molar-refractivity contribution in [2.24, 2.45) is 5.92 Å². The van der Waals surface area contributed by atoms with E-state index < -0.39 is 18.1 Å². The predicted molar refractivity (Wildman–Crippen MR) is 64.6 cm³/mol. The summed E-state index contributed by atoms with van der Waals surface area (Å²) in [4.78, 5) is 34.6. The van der Waals surface area contributed by atoms with Crippen LogP contribution in [-0.4, -0.2) is 37.0 Å². The van der Waals surface area contributed by atoms with E-state index in [4.69, 9.17) is 0 Å². The van der Waals surface area contributed by atoms with E-state index in [9.17, 15) is 14.4 Å². The third kappa shape index (κ3) is 3.45. The van der Waals surface area contributed by atoms with Gasteiger partial charge in [-0.3, -0.25) is 9.59 Å². The quantitative estimate of drug-likeness (QED) is 0.676. The van der Waals surface area contributed by atoms with Crippen molar-refractivity contribution in [2.75, 3.05) is 7.11 Å². The van der Waals surface area contributed by atoms with Crippen LogP contribution in [0.1, 0.15) is 33.1 Å². The Morgan fingerprint density at radius 3 is 2.67 bits per heavy atom. The molecule has 2 amide bonds. The van der Waals surface area contributed by atoms with E-state index in [0.29, 0.717) is 12.8 Å². The Balaban J connectivity index is 2.62. The van der Waals surface area contributed by atoms with Gasteiger partial charge in [0.1, 0.15) is 12.1 Å². The lowest BCUT2D eigenvalue weighted by molar-refractivity contribution is -0.146.